The molecular formula is C11H8FNO2. The summed E-state index contributed by atoms with van der Waals surface area (Å²) >= 11 is 0. The summed E-state index contributed by atoms with van der Waals surface area (Å²) in [6, 6.07) is 4.16. The Morgan fingerprint density at radius 3 is 2.87 bits per heavy atom. The van der Waals surface area contributed by atoms with Crippen LogP contribution in [0.5, 0.6) is 0 Å². The smallest absolute Gasteiger partial charge is 0.338 e. The lowest BCUT2D eigenvalue weighted by Gasteiger charge is -2.04. The summed E-state index contributed by atoms with van der Waals surface area (Å²) in [4.78, 5) is 15.2. The maximum atomic E-state index is 13.4. The second kappa shape index (κ2) is 3.65. The Labute approximate surface area is 85.5 Å². The average Bonchev–Trinajstić information content (AvgIpc) is 2.29. The normalized spacial score (nSPS) is 10.3. The van der Waals surface area contributed by atoms with E-state index in [1.54, 1.807) is 0 Å². The molecule has 2 aromatic rings. The van der Waals surface area contributed by atoms with Crippen LogP contribution in [0, 0.1) is 5.82 Å². The molecule has 3 nitrogen and oxygen atoms in total. The number of rotatable bonds is 1. The molecule has 0 aliphatic heterocycles. The molecule has 0 atom stereocenters. The second-order valence-electron chi connectivity index (χ2n) is 3.01. The van der Waals surface area contributed by atoms with Crippen LogP contribution in [0.2, 0.25) is 0 Å². The maximum Gasteiger partial charge on any atom is 0.338 e. The molecule has 0 aliphatic carbocycles. The number of aromatic nitrogens is 1. The van der Waals surface area contributed by atoms with E-state index in [2.05, 4.69) is 9.72 Å². The SMILES string of the molecule is COC(=O)c1ccc(F)c2ccncc12. The Kier molecular flexibility index (Phi) is 2.33. The first kappa shape index (κ1) is 9.58. The third kappa shape index (κ3) is 1.54. The van der Waals surface area contributed by atoms with Crippen molar-refractivity contribution in [3.05, 3.63) is 42.0 Å². The number of fused-ring (bicyclic) bond motifs is 1. The van der Waals surface area contributed by atoms with Crippen LogP contribution in [0.1, 0.15) is 10.4 Å². The van der Waals surface area contributed by atoms with Crippen molar-refractivity contribution in [3.8, 4) is 0 Å². The highest BCUT2D eigenvalue weighted by Crippen LogP contribution is 2.21. The van der Waals surface area contributed by atoms with Crippen molar-refractivity contribution in [2.45, 2.75) is 0 Å². The summed E-state index contributed by atoms with van der Waals surface area (Å²) in [6.07, 6.45) is 2.93. The molecule has 2 rings (SSSR count). The van der Waals surface area contributed by atoms with E-state index in [9.17, 15) is 9.18 Å². The number of esters is 1. The van der Waals surface area contributed by atoms with Crippen LogP contribution in [0.3, 0.4) is 0 Å². The highest BCUT2D eigenvalue weighted by Gasteiger charge is 2.12. The van der Waals surface area contributed by atoms with Crippen molar-refractivity contribution in [2.24, 2.45) is 0 Å². The summed E-state index contributed by atoms with van der Waals surface area (Å²) in [6.45, 7) is 0. The number of halogens is 1. The van der Waals surface area contributed by atoms with Gasteiger partial charge in [-0.3, -0.25) is 4.98 Å². The fourth-order valence-corrected chi connectivity index (χ4v) is 1.44. The molecule has 0 amide bonds. The van der Waals surface area contributed by atoms with Gasteiger partial charge in [-0.1, -0.05) is 0 Å². The van der Waals surface area contributed by atoms with Gasteiger partial charge in [0.25, 0.3) is 0 Å². The van der Waals surface area contributed by atoms with Gasteiger partial charge in [0.1, 0.15) is 5.82 Å². The molecule has 0 radical (unpaired) electrons. The summed E-state index contributed by atoms with van der Waals surface area (Å²) in [5.74, 6) is -0.868. The molecule has 76 valence electrons. The van der Waals surface area contributed by atoms with Gasteiger partial charge in [0.05, 0.1) is 12.7 Å². The van der Waals surface area contributed by atoms with E-state index in [1.807, 2.05) is 0 Å². The van der Waals surface area contributed by atoms with E-state index in [0.29, 0.717) is 16.3 Å². The molecule has 0 N–H and O–H groups in total. The first-order valence-corrected chi connectivity index (χ1v) is 4.34. The fraction of sp³-hybridized carbons (Fsp3) is 0.0909. The quantitative estimate of drug-likeness (QED) is 0.669. The Bertz CT molecular complexity index is 525. The molecule has 4 heteroatoms. The molecule has 0 bridgehead atoms. The Morgan fingerprint density at radius 1 is 1.33 bits per heavy atom. The molecule has 0 aliphatic rings. The van der Waals surface area contributed by atoms with Crippen molar-refractivity contribution in [1.29, 1.82) is 0 Å². The largest absolute Gasteiger partial charge is 0.465 e. The van der Waals surface area contributed by atoms with E-state index in [1.165, 1.54) is 37.7 Å². The standard InChI is InChI=1S/C11H8FNO2/c1-15-11(14)8-2-3-10(12)7-4-5-13-6-9(7)8/h2-6H,1H3. The maximum absolute atomic E-state index is 13.4. The molecule has 1 aromatic heterocycles. The number of hydrogen-bond donors (Lipinski definition) is 0. The number of nitrogens with zero attached hydrogens (tertiary/aromatic N) is 1. The number of carbonyl (C=O) groups is 1. The monoisotopic (exact) mass is 205 g/mol. The van der Waals surface area contributed by atoms with Crippen molar-refractivity contribution in [3.63, 3.8) is 0 Å². The predicted octanol–water partition coefficient (Wildman–Crippen LogP) is 2.16. The van der Waals surface area contributed by atoms with Crippen molar-refractivity contribution >= 4 is 16.7 Å². The van der Waals surface area contributed by atoms with E-state index in [-0.39, 0.29) is 5.82 Å². The number of carbonyl (C=O) groups excluding carboxylic acids is 1. The van der Waals surface area contributed by atoms with Gasteiger partial charge in [-0.25, -0.2) is 9.18 Å². The second-order valence-corrected chi connectivity index (χ2v) is 3.01. The van der Waals surface area contributed by atoms with E-state index >= 15 is 0 Å². The molecular weight excluding hydrogens is 197 g/mol. The lowest BCUT2D eigenvalue weighted by molar-refractivity contribution is 0.0603. The minimum Gasteiger partial charge on any atom is -0.465 e. The third-order valence-corrected chi connectivity index (χ3v) is 2.17. The highest BCUT2D eigenvalue weighted by molar-refractivity contribution is 6.04. The summed E-state index contributed by atoms with van der Waals surface area (Å²) < 4.78 is 17.9. The number of ether oxygens (including phenoxy) is 1. The summed E-state index contributed by atoms with van der Waals surface area (Å²) in [5.41, 5.74) is 0.321. The van der Waals surface area contributed by atoms with E-state index in [4.69, 9.17) is 0 Å². The Balaban J connectivity index is 2.77. The van der Waals surface area contributed by atoms with Gasteiger partial charge in [0.15, 0.2) is 0 Å². The number of benzene rings is 1. The van der Waals surface area contributed by atoms with E-state index < -0.39 is 5.97 Å². The van der Waals surface area contributed by atoms with Crippen molar-refractivity contribution < 1.29 is 13.9 Å². The van der Waals surface area contributed by atoms with Crippen LogP contribution < -0.4 is 0 Å². The Hall–Kier alpha value is -1.97. The molecule has 15 heavy (non-hydrogen) atoms. The predicted molar refractivity (Wildman–Crippen MR) is 53.0 cm³/mol. The summed E-state index contributed by atoms with van der Waals surface area (Å²) in [5, 5.41) is 0.831. The van der Waals surface area contributed by atoms with E-state index in [0.717, 1.165) is 0 Å². The molecule has 0 saturated carbocycles. The van der Waals surface area contributed by atoms with Gasteiger partial charge in [-0.05, 0) is 18.2 Å². The van der Waals surface area contributed by atoms with Crippen LogP contribution >= 0.6 is 0 Å². The molecule has 0 spiro atoms. The van der Waals surface area contributed by atoms with Gasteiger partial charge >= 0.3 is 5.97 Å². The van der Waals surface area contributed by atoms with Crippen molar-refractivity contribution in [1.82, 2.24) is 4.98 Å². The minimum absolute atomic E-state index is 0.321. The van der Waals surface area contributed by atoms with Crippen LogP contribution in [-0.4, -0.2) is 18.1 Å². The number of hydrogen-bond acceptors (Lipinski definition) is 3. The van der Waals surface area contributed by atoms with Gasteiger partial charge < -0.3 is 4.74 Å². The van der Waals surface area contributed by atoms with Gasteiger partial charge in [-0.2, -0.15) is 0 Å². The van der Waals surface area contributed by atoms with Crippen molar-refractivity contribution in [2.75, 3.05) is 7.11 Å². The van der Waals surface area contributed by atoms with Crippen LogP contribution in [-0.2, 0) is 4.74 Å². The molecule has 0 unspecified atom stereocenters. The van der Waals surface area contributed by atoms with Crippen LogP contribution in [0.25, 0.3) is 10.8 Å². The zero-order chi connectivity index (χ0) is 10.8. The highest BCUT2D eigenvalue weighted by atomic mass is 19.1. The Morgan fingerprint density at radius 2 is 2.13 bits per heavy atom. The third-order valence-electron chi connectivity index (χ3n) is 2.17. The van der Waals surface area contributed by atoms with Gasteiger partial charge in [0.2, 0.25) is 0 Å². The van der Waals surface area contributed by atoms with Gasteiger partial charge in [-0.15, -0.1) is 0 Å². The van der Waals surface area contributed by atoms with Crippen LogP contribution in [0.4, 0.5) is 4.39 Å². The minimum atomic E-state index is -0.493. The fourth-order valence-electron chi connectivity index (χ4n) is 1.44. The molecule has 1 aromatic carbocycles. The topological polar surface area (TPSA) is 39.2 Å². The lowest BCUT2D eigenvalue weighted by Crippen LogP contribution is -2.02. The molecule has 0 saturated heterocycles. The first-order chi connectivity index (χ1) is 7.24. The number of methoxy groups -OCH3 is 1. The molecule has 1 heterocycles. The number of pyridine rings is 1. The zero-order valence-electron chi connectivity index (χ0n) is 8.03. The summed E-state index contributed by atoms with van der Waals surface area (Å²) in [7, 11) is 1.29. The lowest BCUT2D eigenvalue weighted by atomic mass is 10.1. The zero-order valence-corrected chi connectivity index (χ0v) is 8.03. The first-order valence-electron chi connectivity index (χ1n) is 4.34. The average molecular weight is 205 g/mol. The molecule has 0 fully saturated rings. The van der Waals surface area contributed by atoms with Crippen LogP contribution in [0.15, 0.2) is 30.6 Å². The van der Waals surface area contributed by atoms with Gasteiger partial charge in [0, 0.05) is 23.2 Å².